The minimum absolute atomic E-state index is 0.290. The van der Waals surface area contributed by atoms with Gasteiger partial charge in [0.25, 0.3) is 10.0 Å². The Morgan fingerprint density at radius 1 is 0.917 bits per heavy atom. The molecule has 1 aromatic heterocycles. The summed E-state index contributed by atoms with van der Waals surface area (Å²) in [7, 11) is -3.72. The van der Waals surface area contributed by atoms with Gasteiger partial charge in [-0.15, -0.1) is 0 Å². The summed E-state index contributed by atoms with van der Waals surface area (Å²) in [6.45, 7) is 3.96. The summed E-state index contributed by atoms with van der Waals surface area (Å²) in [6, 6.07) is 16.6. The van der Waals surface area contributed by atoms with Crippen molar-refractivity contribution in [2.45, 2.75) is 18.7 Å². The summed E-state index contributed by atoms with van der Waals surface area (Å²) < 4.78 is 27.8. The molecule has 5 heteroatoms. The van der Waals surface area contributed by atoms with Crippen LogP contribution in [0, 0.1) is 13.8 Å². The number of benzene rings is 3. The summed E-state index contributed by atoms with van der Waals surface area (Å²) in [5.41, 5.74) is 3.42. The molecule has 4 aromatic rings. The molecule has 0 aliphatic heterocycles. The van der Waals surface area contributed by atoms with Crippen molar-refractivity contribution >= 4 is 31.8 Å². The molecular formula is C19H16N2O2S. The third-order valence-electron chi connectivity index (χ3n) is 4.42. The van der Waals surface area contributed by atoms with E-state index in [9.17, 15) is 8.42 Å². The van der Waals surface area contributed by atoms with Gasteiger partial charge < -0.3 is 0 Å². The van der Waals surface area contributed by atoms with E-state index in [2.05, 4.69) is 4.98 Å². The lowest BCUT2D eigenvalue weighted by Crippen LogP contribution is -2.12. The Morgan fingerprint density at radius 3 is 2.46 bits per heavy atom. The number of rotatable bonds is 2. The van der Waals surface area contributed by atoms with E-state index in [0.717, 1.165) is 16.5 Å². The lowest BCUT2D eigenvalue weighted by Gasteiger charge is -2.10. The molecule has 0 saturated heterocycles. The Morgan fingerprint density at radius 2 is 1.62 bits per heavy atom. The van der Waals surface area contributed by atoms with Gasteiger partial charge in [0.05, 0.1) is 15.9 Å². The molecule has 0 fully saturated rings. The van der Waals surface area contributed by atoms with E-state index < -0.39 is 10.0 Å². The molecule has 0 unspecified atom stereocenters. The lowest BCUT2D eigenvalue weighted by atomic mass is 10.1. The van der Waals surface area contributed by atoms with Gasteiger partial charge in [0.2, 0.25) is 0 Å². The first kappa shape index (κ1) is 14.9. The molecule has 0 radical (unpaired) electrons. The van der Waals surface area contributed by atoms with E-state index in [1.807, 2.05) is 56.3 Å². The maximum absolute atomic E-state index is 13.2. The number of fused-ring (bicyclic) bond motifs is 2. The van der Waals surface area contributed by atoms with Crippen LogP contribution in [0.3, 0.4) is 0 Å². The zero-order valence-corrected chi connectivity index (χ0v) is 14.2. The molecular weight excluding hydrogens is 320 g/mol. The second kappa shape index (κ2) is 5.18. The third kappa shape index (κ3) is 2.12. The van der Waals surface area contributed by atoms with E-state index in [1.165, 1.54) is 10.3 Å². The average molecular weight is 336 g/mol. The molecule has 0 aliphatic rings. The second-order valence-electron chi connectivity index (χ2n) is 5.95. The highest BCUT2D eigenvalue weighted by Crippen LogP contribution is 2.27. The highest BCUT2D eigenvalue weighted by atomic mass is 32.2. The summed E-state index contributed by atoms with van der Waals surface area (Å²) in [6.07, 6.45) is 1.39. The maximum atomic E-state index is 13.2. The highest BCUT2D eigenvalue weighted by molar-refractivity contribution is 7.90. The first-order valence-electron chi connectivity index (χ1n) is 7.66. The van der Waals surface area contributed by atoms with Crippen molar-refractivity contribution in [1.29, 1.82) is 0 Å². The largest absolute Gasteiger partial charge is 0.270 e. The van der Waals surface area contributed by atoms with Crippen LogP contribution in [0.2, 0.25) is 0 Å². The molecule has 0 atom stereocenters. The molecule has 24 heavy (non-hydrogen) atoms. The third-order valence-corrected chi connectivity index (χ3v) is 6.14. The molecule has 0 saturated carbocycles. The van der Waals surface area contributed by atoms with Crippen LogP contribution in [-0.2, 0) is 10.0 Å². The van der Waals surface area contributed by atoms with E-state index in [-0.39, 0.29) is 4.90 Å². The van der Waals surface area contributed by atoms with Gasteiger partial charge in [-0.25, -0.2) is 17.4 Å². The monoisotopic (exact) mass is 336 g/mol. The quantitative estimate of drug-likeness (QED) is 0.555. The maximum Gasteiger partial charge on any atom is 0.270 e. The lowest BCUT2D eigenvalue weighted by molar-refractivity contribution is 0.589. The second-order valence-corrected chi connectivity index (χ2v) is 7.73. The predicted molar refractivity (Wildman–Crippen MR) is 95.7 cm³/mol. The van der Waals surface area contributed by atoms with Crippen LogP contribution in [0.15, 0.2) is 65.8 Å². The molecule has 0 bridgehead atoms. The fraction of sp³-hybridized carbons (Fsp3) is 0.105. The van der Waals surface area contributed by atoms with Crippen molar-refractivity contribution in [3.8, 4) is 0 Å². The number of hydrogen-bond acceptors (Lipinski definition) is 3. The fourth-order valence-corrected chi connectivity index (χ4v) is 4.46. The molecule has 0 N–H and O–H groups in total. The van der Waals surface area contributed by atoms with Gasteiger partial charge in [0.15, 0.2) is 0 Å². The van der Waals surface area contributed by atoms with Crippen molar-refractivity contribution in [2.24, 2.45) is 0 Å². The van der Waals surface area contributed by atoms with Gasteiger partial charge in [0, 0.05) is 5.39 Å². The van der Waals surface area contributed by atoms with Crippen molar-refractivity contribution in [2.75, 3.05) is 0 Å². The molecule has 0 aliphatic carbocycles. The Labute approximate surface area is 140 Å². The number of aromatic nitrogens is 2. The summed E-state index contributed by atoms with van der Waals surface area (Å²) in [4.78, 5) is 4.57. The van der Waals surface area contributed by atoms with Crippen LogP contribution in [0.25, 0.3) is 21.8 Å². The Balaban J connectivity index is 2.03. The van der Waals surface area contributed by atoms with Gasteiger partial charge in [-0.2, -0.15) is 0 Å². The molecule has 4 rings (SSSR count). The topological polar surface area (TPSA) is 52.0 Å². The standard InChI is InChI=1S/C19H16N2O2S/c1-13-10-17-18(11-14(13)2)21(12-20-17)24(22,23)19-9-5-7-15-6-3-4-8-16(15)19/h3-12H,1-2H3. The minimum atomic E-state index is -3.72. The Kier molecular flexibility index (Phi) is 3.21. The van der Waals surface area contributed by atoms with Crippen LogP contribution in [0.4, 0.5) is 0 Å². The number of hydrogen-bond donors (Lipinski definition) is 0. The van der Waals surface area contributed by atoms with Crippen LogP contribution < -0.4 is 0 Å². The van der Waals surface area contributed by atoms with Gasteiger partial charge in [-0.1, -0.05) is 36.4 Å². The number of aryl methyl sites for hydroxylation is 2. The highest BCUT2D eigenvalue weighted by Gasteiger charge is 2.22. The fourth-order valence-electron chi connectivity index (χ4n) is 2.96. The summed E-state index contributed by atoms with van der Waals surface area (Å²) in [5, 5.41) is 1.61. The van der Waals surface area contributed by atoms with E-state index in [4.69, 9.17) is 0 Å². The summed E-state index contributed by atoms with van der Waals surface area (Å²) >= 11 is 0. The van der Waals surface area contributed by atoms with Crippen LogP contribution in [0.5, 0.6) is 0 Å². The average Bonchev–Trinajstić information content (AvgIpc) is 2.98. The smallest absolute Gasteiger partial charge is 0.236 e. The first-order valence-corrected chi connectivity index (χ1v) is 9.10. The van der Waals surface area contributed by atoms with Gasteiger partial charge in [-0.3, -0.25) is 0 Å². The van der Waals surface area contributed by atoms with Gasteiger partial charge >= 0.3 is 0 Å². The van der Waals surface area contributed by atoms with Crippen LogP contribution >= 0.6 is 0 Å². The zero-order valence-electron chi connectivity index (χ0n) is 13.4. The number of imidazole rings is 1. The van der Waals surface area contributed by atoms with E-state index in [0.29, 0.717) is 16.4 Å². The number of nitrogens with zero attached hydrogens (tertiary/aromatic N) is 2. The van der Waals surface area contributed by atoms with Crippen LogP contribution in [-0.4, -0.2) is 17.4 Å². The van der Waals surface area contributed by atoms with Crippen molar-refractivity contribution in [3.63, 3.8) is 0 Å². The van der Waals surface area contributed by atoms with Crippen molar-refractivity contribution < 1.29 is 8.42 Å². The van der Waals surface area contributed by atoms with Crippen molar-refractivity contribution in [1.82, 2.24) is 8.96 Å². The van der Waals surface area contributed by atoms with Gasteiger partial charge in [0.1, 0.15) is 6.33 Å². The minimum Gasteiger partial charge on any atom is -0.236 e. The molecule has 3 aromatic carbocycles. The first-order chi connectivity index (χ1) is 11.5. The Hall–Kier alpha value is -2.66. The van der Waals surface area contributed by atoms with Gasteiger partial charge in [-0.05, 0) is 48.6 Å². The van der Waals surface area contributed by atoms with E-state index >= 15 is 0 Å². The zero-order chi connectivity index (χ0) is 16.9. The van der Waals surface area contributed by atoms with Crippen molar-refractivity contribution in [3.05, 3.63) is 72.1 Å². The molecule has 1 heterocycles. The van der Waals surface area contributed by atoms with Crippen LogP contribution in [0.1, 0.15) is 11.1 Å². The molecule has 0 amide bonds. The predicted octanol–water partition coefficient (Wildman–Crippen LogP) is 4.04. The normalized spacial score (nSPS) is 12.1. The van der Waals surface area contributed by atoms with E-state index in [1.54, 1.807) is 12.1 Å². The molecule has 4 nitrogen and oxygen atoms in total. The SMILES string of the molecule is Cc1cc2ncn(S(=O)(=O)c3cccc4ccccc34)c2cc1C. The Bertz CT molecular complexity index is 1190. The molecule has 0 spiro atoms. The summed E-state index contributed by atoms with van der Waals surface area (Å²) in [5.74, 6) is 0. The molecule has 120 valence electrons.